The fourth-order valence-electron chi connectivity index (χ4n) is 3.93. The highest BCUT2D eigenvalue weighted by atomic mass is 16.5. The molecule has 0 heterocycles. The van der Waals surface area contributed by atoms with Gasteiger partial charge < -0.3 is 10.2 Å². The monoisotopic (exact) mass is 336 g/mol. The zero-order valence-electron chi connectivity index (χ0n) is 14.6. The minimum absolute atomic E-state index is 0.151. The lowest BCUT2D eigenvalue weighted by Crippen LogP contribution is -2.30. The number of carbonyl (C=O) groups excluding carboxylic acids is 1. The van der Waals surface area contributed by atoms with Crippen molar-refractivity contribution >= 4 is 5.91 Å². The lowest BCUT2D eigenvalue weighted by molar-refractivity contribution is -0.131. The number of hydroxylamine groups is 1. The van der Waals surface area contributed by atoms with E-state index in [9.17, 15) is 15.0 Å². The molecule has 135 valence electrons. The molecule has 2 aliphatic rings. The molecule has 6 atom stereocenters. The zero-order valence-corrected chi connectivity index (χ0v) is 14.6. The second-order valence-corrected chi connectivity index (χ2v) is 7.38. The van der Waals surface area contributed by atoms with E-state index in [1.807, 2.05) is 0 Å². The Morgan fingerprint density at radius 3 is 2.79 bits per heavy atom. The third kappa shape index (κ3) is 5.16. The molecule has 0 saturated carbocycles. The van der Waals surface area contributed by atoms with E-state index in [1.54, 1.807) is 0 Å². The molecule has 1 radical (unpaired) electrons. The molecule has 0 spiro atoms. The molecule has 2 aliphatic carbocycles. The summed E-state index contributed by atoms with van der Waals surface area (Å²) < 4.78 is 0. The first kappa shape index (κ1) is 19.2. The van der Waals surface area contributed by atoms with Crippen LogP contribution in [0.25, 0.3) is 0 Å². The predicted molar refractivity (Wildman–Crippen MR) is 91.9 cm³/mol. The van der Waals surface area contributed by atoms with Gasteiger partial charge in [0.05, 0.1) is 18.6 Å². The SMILES string of the molecule is C[C@H]1C=C2C=C[C@H](C)[C@H](CC[C@@H](O)C[C@@H](O)CC(=O)NO)[C@H]2[CH]C1. The van der Waals surface area contributed by atoms with Gasteiger partial charge in [0.15, 0.2) is 0 Å². The average molecular weight is 336 g/mol. The summed E-state index contributed by atoms with van der Waals surface area (Å²) in [5.41, 5.74) is 2.89. The molecule has 0 unspecified atom stereocenters. The smallest absolute Gasteiger partial charge is 0.245 e. The Kier molecular flexibility index (Phi) is 7.02. The number of carbonyl (C=O) groups is 1. The Balaban J connectivity index is 1.85. The Labute approximate surface area is 144 Å². The molecule has 1 amide bonds. The third-order valence-electron chi connectivity index (χ3n) is 5.28. The topological polar surface area (TPSA) is 89.8 Å². The van der Waals surface area contributed by atoms with Crippen molar-refractivity contribution in [3.63, 3.8) is 0 Å². The van der Waals surface area contributed by atoms with Crippen molar-refractivity contribution < 1.29 is 20.2 Å². The molecule has 0 aromatic rings. The standard InChI is InChI=1S/C19H30NO4/c1-12-3-7-18-14(9-12)5-4-13(2)17(18)8-6-15(21)10-16(22)11-19(23)20-24/h4-5,7,9,12-13,15-18,21-22,24H,3,6,8,10-11H2,1-2H3,(H,20,23)/t12-,13+,15-,16-,17+,18+/m1/s1. The van der Waals surface area contributed by atoms with E-state index in [0.717, 1.165) is 12.8 Å². The lowest BCUT2D eigenvalue weighted by Gasteiger charge is -2.38. The summed E-state index contributed by atoms with van der Waals surface area (Å²) in [6.07, 6.45) is 10.2. The molecule has 0 fully saturated rings. The second kappa shape index (κ2) is 8.79. The van der Waals surface area contributed by atoms with Crippen LogP contribution in [-0.2, 0) is 4.79 Å². The molecule has 0 aliphatic heterocycles. The van der Waals surface area contributed by atoms with E-state index in [0.29, 0.717) is 30.1 Å². The molecule has 0 bridgehead atoms. The molecule has 4 N–H and O–H groups in total. The van der Waals surface area contributed by atoms with Gasteiger partial charge in [0.25, 0.3) is 0 Å². The van der Waals surface area contributed by atoms with E-state index >= 15 is 0 Å². The van der Waals surface area contributed by atoms with Crippen LogP contribution in [0.15, 0.2) is 23.8 Å². The first-order chi connectivity index (χ1) is 11.4. The summed E-state index contributed by atoms with van der Waals surface area (Å²) in [7, 11) is 0. The summed E-state index contributed by atoms with van der Waals surface area (Å²) in [4.78, 5) is 11.0. The van der Waals surface area contributed by atoms with Gasteiger partial charge in [-0.05, 0) is 61.3 Å². The van der Waals surface area contributed by atoms with Crippen LogP contribution in [0.1, 0.15) is 46.0 Å². The highest BCUT2D eigenvalue weighted by molar-refractivity contribution is 5.75. The molecule has 2 rings (SSSR count). The molecule has 5 heteroatoms. The maximum absolute atomic E-state index is 11.0. The quantitative estimate of drug-likeness (QED) is 0.424. The number of amides is 1. The summed E-state index contributed by atoms with van der Waals surface area (Å²) in [5, 5.41) is 28.4. The zero-order chi connectivity index (χ0) is 17.7. The first-order valence-corrected chi connectivity index (χ1v) is 8.93. The minimum atomic E-state index is -0.937. The fraction of sp³-hybridized carbons (Fsp3) is 0.684. The average Bonchev–Trinajstić information content (AvgIpc) is 2.53. The third-order valence-corrected chi connectivity index (χ3v) is 5.28. The largest absolute Gasteiger partial charge is 0.393 e. The van der Waals surface area contributed by atoms with Crippen LogP contribution in [-0.4, -0.2) is 33.5 Å². The Morgan fingerprint density at radius 2 is 2.08 bits per heavy atom. The van der Waals surface area contributed by atoms with Crippen molar-refractivity contribution in [2.45, 2.75) is 58.2 Å². The van der Waals surface area contributed by atoms with Crippen LogP contribution in [0.3, 0.4) is 0 Å². The van der Waals surface area contributed by atoms with E-state index in [-0.39, 0.29) is 12.8 Å². The van der Waals surface area contributed by atoms with Crippen LogP contribution in [0.5, 0.6) is 0 Å². The number of nitrogens with one attached hydrogen (secondary N) is 1. The Hall–Kier alpha value is -1.17. The number of fused-ring (bicyclic) bond motifs is 1. The van der Waals surface area contributed by atoms with Crippen molar-refractivity contribution in [2.75, 3.05) is 0 Å². The van der Waals surface area contributed by atoms with Crippen LogP contribution in [0.4, 0.5) is 0 Å². The molecule has 0 aromatic carbocycles. The van der Waals surface area contributed by atoms with E-state index in [2.05, 4.69) is 38.5 Å². The van der Waals surface area contributed by atoms with Crippen molar-refractivity contribution in [3.8, 4) is 0 Å². The lowest BCUT2D eigenvalue weighted by atomic mass is 9.66. The van der Waals surface area contributed by atoms with Gasteiger partial charge in [0, 0.05) is 0 Å². The number of rotatable bonds is 7. The van der Waals surface area contributed by atoms with Crippen LogP contribution >= 0.6 is 0 Å². The summed E-state index contributed by atoms with van der Waals surface area (Å²) in [5.74, 6) is 1.35. The number of allylic oxidation sites excluding steroid dienone is 4. The molecular weight excluding hydrogens is 306 g/mol. The van der Waals surface area contributed by atoms with Crippen LogP contribution in [0.2, 0.25) is 0 Å². The predicted octanol–water partition coefficient (Wildman–Crippen LogP) is 2.38. The summed E-state index contributed by atoms with van der Waals surface area (Å²) >= 11 is 0. The van der Waals surface area contributed by atoms with E-state index in [4.69, 9.17) is 5.21 Å². The summed E-state index contributed by atoms with van der Waals surface area (Å²) in [6, 6.07) is 0. The van der Waals surface area contributed by atoms with Crippen molar-refractivity contribution in [3.05, 3.63) is 30.2 Å². The van der Waals surface area contributed by atoms with Crippen molar-refractivity contribution in [2.24, 2.45) is 23.7 Å². The molecular formula is C19H30NO4. The van der Waals surface area contributed by atoms with Crippen molar-refractivity contribution in [1.29, 1.82) is 0 Å². The first-order valence-electron chi connectivity index (χ1n) is 8.93. The molecule has 24 heavy (non-hydrogen) atoms. The van der Waals surface area contributed by atoms with E-state index in [1.165, 1.54) is 11.1 Å². The van der Waals surface area contributed by atoms with Crippen molar-refractivity contribution in [1.82, 2.24) is 5.48 Å². The van der Waals surface area contributed by atoms with Gasteiger partial charge in [-0.1, -0.05) is 32.1 Å². The molecule has 0 aromatic heterocycles. The summed E-state index contributed by atoms with van der Waals surface area (Å²) in [6.45, 7) is 4.45. The van der Waals surface area contributed by atoms with Gasteiger partial charge in [-0.3, -0.25) is 10.0 Å². The van der Waals surface area contributed by atoms with E-state index < -0.39 is 18.1 Å². The van der Waals surface area contributed by atoms with Gasteiger partial charge in [0.2, 0.25) is 5.91 Å². The van der Waals surface area contributed by atoms with Gasteiger partial charge in [0.1, 0.15) is 0 Å². The maximum atomic E-state index is 11.0. The highest BCUT2D eigenvalue weighted by Gasteiger charge is 2.33. The Bertz CT molecular complexity index is 488. The molecule has 5 nitrogen and oxygen atoms in total. The van der Waals surface area contributed by atoms with Gasteiger partial charge >= 0.3 is 0 Å². The number of aliphatic hydroxyl groups excluding tert-OH is 2. The van der Waals surface area contributed by atoms with Crippen LogP contribution < -0.4 is 5.48 Å². The van der Waals surface area contributed by atoms with Gasteiger partial charge in [-0.2, -0.15) is 0 Å². The normalized spacial score (nSPS) is 31.8. The van der Waals surface area contributed by atoms with Gasteiger partial charge in [-0.15, -0.1) is 0 Å². The fourth-order valence-corrected chi connectivity index (χ4v) is 3.93. The maximum Gasteiger partial charge on any atom is 0.245 e. The highest BCUT2D eigenvalue weighted by Crippen LogP contribution is 2.42. The molecule has 0 saturated heterocycles. The minimum Gasteiger partial charge on any atom is -0.393 e. The van der Waals surface area contributed by atoms with Crippen LogP contribution in [0, 0.1) is 30.1 Å². The second-order valence-electron chi connectivity index (χ2n) is 7.38. The Morgan fingerprint density at radius 1 is 1.33 bits per heavy atom. The number of hydrogen-bond acceptors (Lipinski definition) is 4. The number of hydrogen-bond donors (Lipinski definition) is 4. The van der Waals surface area contributed by atoms with Gasteiger partial charge in [-0.25, -0.2) is 5.48 Å². The number of aliphatic hydroxyl groups is 2.